The molecular formula is C39H54N2O12. The lowest BCUT2D eigenvalue weighted by atomic mass is 10.1. The molecular weight excluding hydrogens is 688 g/mol. The van der Waals surface area contributed by atoms with Crippen molar-refractivity contribution in [3.63, 3.8) is 0 Å². The number of ether oxygens (including phenoxy) is 8. The summed E-state index contributed by atoms with van der Waals surface area (Å²) in [6, 6.07) is 10.4. The molecule has 2 rings (SSSR count). The zero-order valence-electron chi connectivity index (χ0n) is 32.0. The van der Waals surface area contributed by atoms with Crippen molar-refractivity contribution in [2.24, 2.45) is 0 Å². The molecule has 0 saturated heterocycles. The van der Waals surface area contributed by atoms with Gasteiger partial charge in [-0.2, -0.15) is 0 Å². The van der Waals surface area contributed by atoms with E-state index in [1.807, 2.05) is 0 Å². The zero-order chi connectivity index (χ0) is 39.3. The summed E-state index contributed by atoms with van der Waals surface area (Å²) in [6.07, 6.45) is 4.58. The molecule has 0 heterocycles. The number of hydrogen-bond acceptors (Lipinski definition) is 12. The van der Waals surface area contributed by atoms with E-state index in [-0.39, 0.29) is 31.2 Å². The van der Waals surface area contributed by atoms with Crippen LogP contribution < -0.4 is 29.6 Å². The third kappa shape index (κ3) is 19.9. The van der Waals surface area contributed by atoms with Crippen molar-refractivity contribution in [3.05, 3.63) is 59.7 Å². The average Bonchev–Trinajstić information content (AvgIpc) is 3.07. The second-order valence-electron chi connectivity index (χ2n) is 13.4. The SMILES string of the molecule is COc1cc(/C=C/C(=O)CC(=O)/C=C/c2ccc(OCCOCCNC(=O)OC(C)(C)C)c(OC)c2)ccc1OCCOCCNC(=O)OC(C)(C)C. The number of carbonyl (C=O) groups is 4. The van der Waals surface area contributed by atoms with Crippen molar-refractivity contribution >= 4 is 35.9 Å². The van der Waals surface area contributed by atoms with Crippen LogP contribution >= 0.6 is 0 Å². The second kappa shape index (κ2) is 22.8. The van der Waals surface area contributed by atoms with Gasteiger partial charge in [0.1, 0.15) is 24.4 Å². The van der Waals surface area contributed by atoms with E-state index in [0.717, 1.165) is 0 Å². The average molecular weight is 743 g/mol. The number of ketones is 2. The Morgan fingerprint density at radius 3 is 1.32 bits per heavy atom. The molecule has 53 heavy (non-hydrogen) atoms. The van der Waals surface area contributed by atoms with Crippen molar-refractivity contribution in [1.29, 1.82) is 0 Å². The van der Waals surface area contributed by atoms with Gasteiger partial charge in [0, 0.05) is 13.1 Å². The molecule has 14 nitrogen and oxygen atoms in total. The summed E-state index contributed by atoms with van der Waals surface area (Å²) in [5.74, 6) is 1.21. The summed E-state index contributed by atoms with van der Waals surface area (Å²) >= 11 is 0. The highest BCUT2D eigenvalue weighted by Gasteiger charge is 2.16. The Bertz CT molecular complexity index is 1430. The van der Waals surface area contributed by atoms with E-state index >= 15 is 0 Å². The number of rotatable bonds is 22. The van der Waals surface area contributed by atoms with E-state index in [0.29, 0.717) is 73.6 Å². The van der Waals surface area contributed by atoms with Crippen LogP contribution in [0.4, 0.5) is 9.59 Å². The van der Waals surface area contributed by atoms with Crippen LogP contribution in [-0.2, 0) is 28.5 Å². The molecule has 0 unspecified atom stereocenters. The van der Waals surface area contributed by atoms with Gasteiger partial charge in [-0.05, 0) is 89.1 Å². The van der Waals surface area contributed by atoms with Gasteiger partial charge in [-0.15, -0.1) is 0 Å². The Labute approximate surface area is 312 Å². The monoisotopic (exact) mass is 742 g/mol. The smallest absolute Gasteiger partial charge is 0.407 e. The maximum atomic E-state index is 12.5. The maximum absolute atomic E-state index is 12.5. The predicted octanol–water partition coefficient (Wildman–Crippen LogP) is 5.80. The van der Waals surface area contributed by atoms with Crippen LogP contribution in [-0.4, -0.2) is 102 Å². The largest absolute Gasteiger partial charge is 0.493 e. The molecule has 0 fully saturated rings. The molecule has 0 aromatic heterocycles. The highest BCUT2D eigenvalue weighted by Crippen LogP contribution is 2.29. The first-order valence-electron chi connectivity index (χ1n) is 17.2. The summed E-state index contributed by atoms with van der Waals surface area (Å²) < 4.78 is 43.6. The van der Waals surface area contributed by atoms with Gasteiger partial charge in [-0.3, -0.25) is 9.59 Å². The Morgan fingerprint density at radius 1 is 0.566 bits per heavy atom. The number of hydrogen-bond donors (Lipinski definition) is 2. The number of carbonyl (C=O) groups excluding carboxylic acids is 4. The second-order valence-corrected chi connectivity index (χ2v) is 13.4. The molecule has 2 N–H and O–H groups in total. The van der Waals surface area contributed by atoms with Gasteiger partial charge in [0.2, 0.25) is 0 Å². The lowest BCUT2D eigenvalue weighted by Gasteiger charge is -2.19. The summed E-state index contributed by atoms with van der Waals surface area (Å²) in [6.45, 7) is 13.0. The Balaban J connectivity index is 1.74. The fourth-order valence-corrected chi connectivity index (χ4v) is 4.19. The van der Waals surface area contributed by atoms with Gasteiger partial charge < -0.3 is 48.5 Å². The van der Waals surface area contributed by atoms with Gasteiger partial charge in [-0.1, -0.05) is 24.3 Å². The molecule has 0 aliphatic heterocycles. The van der Waals surface area contributed by atoms with E-state index in [2.05, 4.69) is 10.6 Å². The van der Waals surface area contributed by atoms with Crippen LogP contribution in [0.2, 0.25) is 0 Å². The minimum absolute atomic E-state index is 0.255. The first kappa shape index (κ1) is 44.1. The maximum Gasteiger partial charge on any atom is 0.407 e. The number of allylic oxidation sites excluding steroid dienone is 2. The lowest BCUT2D eigenvalue weighted by Crippen LogP contribution is -2.34. The van der Waals surface area contributed by atoms with Gasteiger partial charge in [0.05, 0.1) is 47.1 Å². The molecule has 0 aliphatic rings. The molecule has 2 aromatic rings. The van der Waals surface area contributed by atoms with Gasteiger partial charge >= 0.3 is 12.2 Å². The first-order valence-corrected chi connectivity index (χ1v) is 17.2. The van der Waals surface area contributed by atoms with Crippen LogP contribution in [0.1, 0.15) is 59.1 Å². The molecule has 0 bridgehead atoms. The first-order chi connectivity index (χ1) is 25.1. The van der Waals surface area contributed by atoms with Crippen molar-refractivity contribution < 1.29 is 57.1 Å². The molecule has 2 amide bonds. The van der Waals surface area contributed by atoms with E-state index in [4.69, 9.17) is 37.9 Å². The summed E-state index contributed by atoms with van der Waals surface area (Å²) in [5, 5.41) is 5.23. The molecule has 0 saturated carbocycles. The standard InChI is InChI=1S/C39H54N2O12/c1-38(2,3)52-36(44)40-17-19-48-21-23-50-32-15-11-28(25-34(32)46-7)9-13-30(42)27-31(43)14-10-29-12-16-33(35(26-29)47-8)51-24-22-49-20-18-41-37(45)53-39(4,5)6/h9-16,25-26H,17-24,27H2,1-8H3,(H,40,44)(H,41,45)/b13-9+,14-10+. The fraction of sp³-hybridized carbons (Fsp3) is 0.487. The van der Waals surface area contributed by atoms with E-state index < -0.39 is 23.4 Å². The molecule has 14 heteroatoms. The van der Waals surface area contributed by atoms with Crippen molar-refractivity contribution in [2.75, 3.05) is 67.0 Å². The number of benzene rings is 2. The molecule has 0 radical (unpaired) electrons. The number of methoxy groups -OCH3 is 2. The highest BCUT2D eigenvalue weighted by atomic mass is 16.6. The third-order valence-corrected chi connectivity index (χ3v) is 6.45. The minimum Gasteiger partial charge on any atom is -0.493 e. The van der Waals surface area contributed by atoms with E-state index in [1.165, 1.54) is 26.4 Å². The minimum atomic E-state index is -0.565. The van der Waals surface area contributed by atoms with Crippen molar-refractivity contribution in [2.45, 2.75) is 59.2 Å². The van der Waals surface area contributed by atoms with Crippen LogP contribution in [0.3, 0.4) is 0 Å². The summed E-state index contributed by atoms with van der Waals surface area (Å²) in [4.78, 5) is 48.3. The molecule has 0 aliphatic carbocycles. The number of amides is 2. The highest BCUT2D eigenvalue weighted by molar-refractivity contribution is 6.10. The van der Waals surface area contributed by atoms with Gasteiger partial charge in [-0.25, -0.2) is 9.59 Å². The van der Waals surface area contributed by atoms with Gasteiger partial charge in [0.15, 0.2) is 34.6 Å². The molecule has 2 aromatic carbocycles. The van der Waals surface area contributed by atoms with Crippen LogP contribution in [0.5, 0.6) is 23.0 Å². The van der Waals surface area contributed by atoms with E-state index in [9.17, 15) is 19.2 Å². The topological polar surface area (TPSA) is 166 Å². The van der Waals surface area contributed by atoms with Crippen LogP contribution in [0.25, 0.3) is 12.2 Å². The Morgan fingerprint density at radius 2 is 0.962 bits per heavy atom. The quantitative estimate of drug-likeness (QED) is 0.0848. The zero-order valence-corrected chi connectivity index (χ0v) is 32.0. The van der Waals surface area contributed by atoms with Crippen LogP contribution in [0.15, 0.2) is 48.6 Å². The summed E-state index contributed by atoms with van der Waals surface area (Å²) in [7, 11) is 3.02. The predicted molar refractivity (Wildman–Crippen MR) is 200 cm³/mol. The molecule has 292 valence electrons. The third-order valence-electron chi connectivity index (χ3n) is 6.45. The number of alkyl carbamates (subject to hydrolysis) is 2. The number of nitrogens with one attached hydrogen (secondary N) is 2. The Hall–Kier alpha value is -5.08. The summed E-state index contributed by atoms with van der Waals surface area (Å²) in [5.41, 5.74) is 0.243. The fourth-order valence-electron chi connectivity index (χ4n) is 4.19. The van der Waals surface area contributed by atoms with Crippen LogP contribution in [0, 0.1) is 0 Å². The van der Waals surface area contributed by atoms with Crippen molar-refractivity contribution in [3.8, 4) is 23.0 Å². The Kier molecular flexibility index (Phi) is 18.9. The van der Waals surface area contributed by atoms with E-state index in [1.54, 1.807) is 90.1 Å². The van der Waals surface area contributed by atoms with Gasteiger partial charge in [0.25, 0.3) is 0 Å². The van der Waals surface area contributed by atoms with Crippen molar-refractivity contribution in [1.82, 2.24) is 10.6 Å². The normalized spacial score (nSPS) is 11.6. The molecule has 0 spiro atoms. The molecule has 0 atom stereocenters. The lowest BCUT2D eigenvalue weighted by molar-refractivity contribution is -0.121.